The highest BCUT2D eigenvalue weighted by molar-refractivity contribution is 5.92. The molecule has 0 spiro atoms. The average molecular weight is 387 g/mol. The molecule has 3 saturated heterocycles. The van der Waals surface area contributed by atoms with Crippen LogP contribution in [-0.2, 0) is 4.79 Å². The van der Waals surface area contributed by atoms with E-state index in [9.17, 15) is 14.4 Å². The van der Waals surface area contributed by atoms with E-state index in [4.69, 9.17) is 0 Å². The Balaban J connectivity index is 1.30. The monoisotopic (exact) mass is 387 g/mol. The summed E-state index contributed by atoms with van der Waals surface area (Å²) in [5.41, 5.74) is -0.0225. The smallest absolute Gasteiger partial charge is 0.273 e. The number of nitrogens with one attached hydrogen (secondary N) is 1. The highest BCUT2D eigenvalue weighted by atomic mass is 16.2. The third kappa shape index (κ3) is 4.11. The van der Waals surface area contributed by atoms with E-state index in [-0.39, 0.29) is 23.1 Å². The zero-order chi connectivity index (χ0) is 19.5. The van der Waals surface area contributed by atoms with Gasteiger partial charge in [-0.2, -0.15) is 0 Å². The lowest BCUT2D eigenvalue weighted by molar-refractivity contribution is -0.136. The van der Waals surface area contributed by atoms with Gasteiger partial charge in [-0.25, -0.2) is 4.98 Å². The first-order valence-corrected chi connectivity index (χ1v) is 10.5. The summed E-state index contributed by atoms with van der Waals surface area (Å²) >= 11 is 0. The number of amides is 2. The summed E-state index contributed by atoms with van der Waals surface area (Å²) in [5.74, 6) is 0.353. The molecular formula is C20H29N5O3. The molecule has 0 bridgehead atoms. The Morgan fingerprint density at radius 2 is 1.71 bits per heavy atom. The summed E-state index contributed by atoms with van der Waals surface area (Å²) in [4.78, 5) is 49.2. The van der Waals surface area contributed by atoms with Crippen molar-refractivity contribution < 1.29 is 9.59 Å². The maximum atomic E-state index is 12.8. The maximum Gasteiger partial charge on any atom is 0.273 e. The number of carbonyl (C=O) groups excluding carboxylic acids is 2. The van der Waals surface area contributed by atoms with Crippen molar-refractivity contribution in [3.63, 3.8) is 0 Å². The average Bonchev–Trinajstić information content (AvgIpc) is 3.28. The van der Waals surface area contributed by atoms with E-state index in [1.165, 1.54) is 6.20 Å². The molecule has 28 heavy (non-hydrogen) atoms. The van der Waals surface area contributed by atoms with Crippen LogP contribution in [0.2, 0.25) is 0 Å². The van der Waals surface area contributed by atoms with Crippen LogP contribution < -0.4 is 5.56 Å². The molecule has 3 aliphatic heterocycles. The minimum Gasteiger partial charge on any atom is -0.342 e. The van der Waals surface area contributed by atoms with E-state index in [0.717, 1.165) is 70.9 Å². The SMILES string of the molecule is O=C(c1c[nH]c(=O)cn1)N1CCC(N2CCCC(C(=O)N3CCCC3)C2)CC1. The van der Waals surface area contributed by atoms with Crippen molar-refractivity contribution in [1.29, 1.82) is 0 Å². The molecule has 1 N–H and O–H groups in total. The third-order valence-corrected chi connectivity index (χ3v) is 6.38. The predicted molar refractivity (Wildman–Crippen MR) is 104 cm³/mol. The Labute approximate surface area is 164 Å². The fourth-order valence-electron chi connectivity index (χ4n) is 4.79. The highest BCUT2D eigenvalue weighted by Crippen LogP contribution is 2.26. The number of aromatic nitrogens is 2. The summed E-state index contributed by atoms with van der Waals surface area (Å²) in [6.45, 7) is 5.12. The number of likely N-dealkylation sites (tertiary alicyclic amines) is 3. The van der Waals surface area contributed by atoms with Crippen molar-refractivity contribution in [2.75, 3.05) is 39.3 Å². The summed E-state index contributed by atoms with van der Waals surface area (Å²) in [7, 11) is 0. The summed E-state index contributed by atoms with van der Waals surface area (Å²) in [5, 5.41) is 0. The van der Waals surface area contributed by atoms with Gasteiger partial charge >= 0.3 is 0 Å². The number of carbonyl (C=O) groups is 2. The first-order valence-electron chi connectivity index (χ1n) is 10.5. The van der Waals surface area contributed by atoms with Crippen LogP contribution in [0.5, 0.6) is 0 Å². The van der Waals surface area contributed by atoms with Gasteiger partial charge in [0.15, 0.2) is 0 Å². The van der Waals surface area contributed by atoms with Gasteiger partial charge in [0.2, 0.25) is 5.91 Å². The number of nitrogens with zero attached hydrogens (tertiary/aromatic N) is 4. The third-order valence-electron chi connectivity index (χ3n) is 6.38. The molecule has 1 aromatic rings. The topological polar surface area (TPSA) is 89.6 Å². The number of rotatable bonds is 3. The van der Waals surface area contributed by atoms with Crippen molar-refractivity contribution in [1.82, 2.24) is 24.7 Å². The molecule has 1 atom stereocenters. The van der Waals surface area contributed by atoms with Crippen LogP contribution in [0, 0.1) is 5.92 Å². The molecule has 0 radical (unpaired) electrons. The molecule has 8 heteroatoms. The Hall–Kier alpha value is -2.22. The van der Waals surface area contributed by atoms with E-state index in [1.807, 2.05) is 9.80 Å². The van der Waals surface area contributed by atoms with Gasteiger partial charge < -0.3 is 14.8 Å². The number of hydrogen-bond acceptors (Lipinski definition) is 5. The molecule has 1 unspecified atom stereocenters. The normalized spacial score (nSPS) is 24.5. The van der Waals surface area contributed by atoms with Crippen LogP contribution >= 0.6 is 0 Å². The van der Waals surface area contributed by atoms with Crippen LogP contribution in [0.15, 0.2) is 17.2 Å². The zero-order valence-electron chi connectivity index (χ0n) is 16.3. The molecule has 0 saturated carbocycles. The van der Waals surface area contributed by atoms with E-state index in [0.29, 0.717) is 25.0 Å². The van der Waals surface area contributed by atoms with Gasteiger partial charge in [0.05, 0.1) is 12.1 Å². The molecule has 4 rings (SSSR count). The Morgan fingerprint density at radius 3 is 2.39 bits per heavy atom. The minimum absolute atomic E-state index is 0.129. The molecule has 3 fully saturated rings. The molecule has 2 amide bonds. The fraction of sp³-hybridized carbons (Fsp3) is 0.700. The molecule has 152 valence electrons. The van der Waals surface area contributed by atoms with Crippen LogP contribution in [0.4, 0.5) is 0 Å². The second-order valence-corrected chi connectivity index (χ2v) is 8.19. The second-order valence-electron chi connectivity index (χ2n) is 8.19. The number of piperidine rings is 2. The molecular weight excluding hydrogens is 358 g/mol. The number of aromatic amines is 1. The lowest BCUT2D eigenvalue weighted by Gasteiger charge is -2.42. The predicted octanol–water partition coefficient (Wildman–Crippen LogP) is 0.709. The van der Waals surface area contributed by atoms with E-state index >= 15 is 0 Å². The fourth-order valence-corrected chi connectivity index (χ4v) is 4.79. The van der Waals surface area contributed by atoms with Gasteiger partial charge in [-0.1, -0.05) is 0 Å². The van der Waals surface area contributed by atoms with Crippen LogP contribution in [0.25, 0.3) is 0 Å². The number of H-pyrrole nitrogens is 1. The lowest BCUT2D eigenvalue weighted by atomic mass is 9.93. The van der Waals surface area contributed by atoms with Gasteiger partial charge in [-0.3, -0.25) is 19.3 Å². The van der Waals surface area contributed by atoms with Gasteiger partial charge in [0.1, 0.15) is 5.69 Å². The molecule has 0 aliphatic carbocycles. The van der Waals surface area contributed by atoms with Crippen LogP contribution in [0.3, 0.4) is 0 Å². The highest BCUT2D eigenvalue weighted by Gasteiger charge is 2.34. The first kappa shape index (κ1) is 19.1. The lowest BCUT2D eigenvalue weighted by Crippen LogP contribution is -2.51. The largest absolute Gasteiger partial charge is 0.342 e. The van der Waals surface area contributed by atoms with Crippen molar-refractivity contribution in [2.45, 2.75) is 44.6 Å². The summed E-state index contributed by atoms with van der Waals surface area (Å²) in [6, 6.07) is 0.432. The molecule has 3 aliphatic rings. The van der Waals surface area contributed by atoms with Crippen molar-refractivity contribution in [3.05, 3.63) is 28.4 Å². The Bertz CT molecular complexity index is 745. The van der Waals surface area contributed by atoms with E-state index in [1.54, 1.807) is 0 Å². The Kier molecular flexibility index (Phi) is 5.75. The molecule has 1 aromatic heterocycles. The molecule has 4 heterocycles. The van der Waals surface area contributed by atoms with E-state index < -0.39 is 0 Å². The maximum absolute atomic E-state index is 12.8. The van der Waals surface area contributed by atoms with Gasteiger partial charge in [0.25, 0.3) is 11.5 Å². The van der Waals surface area contributed by atoms with Crippen LogP contribution in [-0.4, -0.2) is 81.8 Å². The minimum atomic E-state index is -0.307. The van der Waals surface area contributed by atoms with Crippen molar-refractivity contribution in [2.24, 2.45) is 5.92 Å². The van der Waals surface area contributed by atoms with Crippen molar-refractivity contribution >= 4 is 11.8 Å². The second kappa shape index (κ2) is 8.43. The quantitative estimate of drug-likeness (QED) is 0.825. The standard InChI is InChI=1S/C20H29N5O3/c26-18-13-21-17(12-22-18)20(28)24-10-5-16(6-11-24)25-9-3-4-15(14-25)19(27)23-7-1-2-8-23/h12-13,15-16H,1-11,14H2,(H,22,26). The van der Waals surface area contributed by atoms with E-state index in [2.05, 4.69) is 14.9 Å². The Morgan fingerprint density at radius 1 is 0.964 bits per heavy atom. The van der Waals surface area contributed by atoms with Gasteiger partial charge in [0, 0.05) is 45.0 Å². The van der Waals surface area contributed by atoms with Gasteiger partial charge in [-0.05, 0) is 45.1 Å². The van der Waals surface area contributed by atoms with Gasteiger partial charge in [-0.15, -0.1) is 0 Å². The number of hydrogen-bond donors (Lipinski definition) is 1. The summed E-state index contributed by atoms with van der Waals surface area (Å²) < 4.78 is 0. The zero-order valence-corrected chi connectivity index (χ0v) is 16.3. The van der Waals surface area contributed by atoms with Crippen LogP contribution in [0.1, 0.15) is 49.0 Å². The first-order chi connectivity index (χ1) is 13.6. The summed E-state index contributed by atoms with van der Waals surface area (Å²) in [6.07, 6.45) is 8.71. The molecule has 8 nitrogen and oxygen atoms in total. The molecule has 0 aromatic carbocycles. The van der Waals surface area contributed by atoms with Crippen molar-refractivity contribution in [3.8, 4) is 0 Å².